The minimum absolute atomic E-state index is 0.0201. The van der Waals surface area contributed by atoms with Crippen LogP contribution < -0.4 is 10.6 Å². The van der Waals surface area contributed by atoms with Gasteiger partial charge in [-0.1, -0.05) is 60.7 Å². The summed E-state index contributed by atoms with van der Waals surface area (Å²) in [6, 6.07) is 22.0. The van der Waals surface area contributed by atoms with Crippen molar-refractivity contribution in [3.8, 4) is 5.75 Å². The summed E-state index contributed by atoms with van der Waals surface area (Å²) in [5.74, 6) is 0.121. The molecule has 9 heteroatoms. The number of phenols is 1. The fourth-order valence-electron chi connectivity index (χ4n) is 4.79. The van der Waals surface area contributed by atoms with Gasteiger partial charge in [0.2, 0.25) is 0 Å². The fraction of sp³-hybridized carbons (Fsp3) is 0.387. The lowest BCUT2D eigenvalue weighted by Gasteiger charge is -2.38. The maximum Gasteiger partial charge on any atom is 0.315 e. The molecule has 9 nitrogen and oxygen atoms in total. The number of nitrogens with zero attached hydrogens (tertiary/aromatic N) is 1. The molecule has 1 fully saturated rings. The smallest absolute Gasteiger partial charge is 0.315 e. The number of likely N-dealkylation sites (N-methyl/N-ethyl adjacent to an activating group) is 1. The number of rotatable bonds is 11. The lowest BCUT2D eigenvalue weighted by atomic mass is 9.99. The van der Waals surface area contributed by atoms with Gasteiger partial charge in [-0.25, -0.2) is 4.79 Å². The molecule has 214 valence electrons. The van der Waals surface area contributed by atoms with E-state index in [2.05, 4.69) is 10.6 Å². The van der Waals surface area contributed by atoms with Gasteiger partial charge in [-0.3, -0.25) is 0 Å². The molecule has 1 aliphatic rings. The van der Waals surface area contributed by atoms with Crippen molar-refractivity contribution >= 4 is 6.03 Å². The van der Waals surface area contributed by atoms with Crippen LogP contribution in [0.2, 0.25) is 0 Å². The molecule has 0 spiro atoms. The van der Waals surface area contributed by atoms with Gasteiger partial charge in [-0.15, -0.1) is 0 Å². The average Bonchev–Trinajstić information content (AvgIpc) is 2.96. The Hall–Kier alpha value is -3.47. The second-order valence-corrected chi connectivity index (χ2v) is 10.1. The van der Waals surface area contributed by atoms with Gasteiger partial charge >= 0.3 is 6.03 Å². The van der Waals surface area contributed by atoms with Crippen LogP contribution in [-0.2, 0) is 22.6 Å². The number of carbonyl (C=O) groups excluding carboxylic acids is 1. The Kier molecular flexibility index (Phi) is 10.5. The van der Waals surface area contributed by atoms with Crippen LogP contribution >= 0.6 is 0 Å². The van der Waals surface area contributed by atoms with Crippen molar-refractivity contribution in [2.45, 2.75) is 51.1 Å². The highest BCUT2D eigenvalue weighted by atomic mass is 16.7. The van der Waals surface area contributed by atoms with Crippen molar-refractivity contribution in [2.75, 3.05) is 26.7 Å². The van der Waals surface area contributed by atoms with E-state index in [4.69, 9.17) is 9.47 Å². The van der Waals surface area contributed by atoms with Crippen LogP contribution in [0.5, 0.6) is 5.75 Å². The second kappa shape index (κ2) is 14.2. The van der Waals surface area contributed by atoms with Gasteiger partial charge in [0.15, 0.2) is 6.29 Å². The molecule has 0 bridgehead atoms. The predicted octanol–water partition coefficient (Wildman–Crippen LogP) is 3.91. The van der Waals surface area contributed by atoms with Gasteiger partial charge in [0.1, 0.15) is 5.75 Å². The number of phenolic OH excluding ortho intramolecular Hbond substituents is 1. The minimum atomic E-state index is -0.755. The van der Waals surface area contributed by atoms with Crippen molar-refractivity contribution in [1.82, 2.24) is 15.5 Å². The fourth-order valence-corrected chi connectivity index (χ4v) is 4.79. The molecule has 0 saturated carbocycles. The van der Waals surface area contributed by atoms with Crippen LogP contribution in [0, 0.1) is 0 Å². The maximum atomic E-state index is 11.7. The number of hydrogen-bond donors (Lipinski definition) is 5. The molecule has 3 aromatic carbocycles. The summed E-state index contributed by atoms with van der Waals surface area (Å²) in [6.07, 6.45) is -1.14. The normalized spacial score (nSPS) is 19.8. The van der Waals surface area contributed by atoms with E-state index in [1.54, 1.807) is 24.3 Å². The van der Waals surface area contributed by atoms with Crippen LogP contribution in [0.25, 0.3) is 0 Å². The molecular weight excluding hydrogens is 510 g/mol. The summed E-state index contributed by atoms with van der Waals surface area (Å²) >= 11 is 0. The van der Waals surface area contributed by atoms with Gasteiger partial charge in [-0.05, 0) is 48.4 Å². The number of aromatic hydroxyl groups is 1. The number of ether oxygens (including phenoxy) is 2. The van der Waals surface area contributed by atoms with E-state index in [9.17, 15) is 20.1 Å². The van der Waals surface area contributed by atoms with Crippen LogP contribution in [0.3, 0.4) is 0 Å². The molecule has 5 N–H and O–H groups in total. The Morgan fingerprint density at radius 3 is 2.38 bits per heavy atom. The Labute approximate surface area is 235 Å². The third-order valence-electron chi connectivity index (χ3n) is 6.91. The summed E-state index contributed by atoms with van der Waals surface area (Å²) in [6.45, 7) is 3.76. The van der Waals surface area contributed by atoms with E-state index in [1.807, 2.05) is 67.4 Å². The molecule has 1 heterocycles. The molecule has 0 radical (unpaired) electrons. The molecule has 4 rings (SSSR count). The number of urea groups is 1. The highest BCUT2D eigenvalue weighted by molar-refractivity contribution is 5.73. The van der Waals surface area contributed by atoms with Crippen molar-refractivity contribution in [3.63, 3.8) is 0 Å². The van der Waals surface area contributed by atoms with Crippen LogP contribution in [-0.4, -0.2) is 59.0 Å². The highest BCUT2D eigenvalue weighted by Crippen LogP contribution is 2.38. The third-order valence-corrected chi connectivity index (χ3v) is 6.91. The number of benzene rings is 3. The van der Waals surface area contributed by atoms with E-state index in [0.717, 1.165) is 22.3 Å². The minimum Gasteiger partial charge on any atom is -0.508 e. The van der Waals surface area contributed by atoms with Crippen molar-refractivity contribution in [3.05, 3.63) is 101 Å². The molecule has 3 aromatic rings. The molecule has 40 heavy (non-hydrogen) atoms. The van der Waals surface area contributed by atoms with Crippen LogP contribution in [0.4, 0.5) is 4.79 Å². The summed E-state index contributed by atoms with van der Waals surface area (Å²) < 4.78 is 12.8. The van der Waals surface area contributed by atoms with Gasteiger partial charge < -0.3 is 40.3 Å². The van der Waals surface area contributed by atoms with Gasteiger partial charge in [0, 0.05) is 38.2 Å². The first kappa shape index (κ1) is 29.5. The summed E-state index contributed by atoms with van der Waals surface area (Å²) in [7, 11) is 1.93. The van der Waals surface area contributed by atoms with E-state index in [1.165, 1.54) is 0 Å². The Bertz CT molecular complexity index is 1220. The first-order chi connectivity index (χ1) is 19.3. The zero-order valence-corrected chi connectivity index (χ0v) is 23.0. The number of hydrogen-bond acceptors (Lipinski definition) is 7. The van der Waals surface area contributed by atoms with Gasteiger partial charge in [0.25, 0.3) is 0 Å². The lowest BCUT2D eigenvalue weighted by Crippen LogP contribution is -2.39. The Morgan fingerprint density at radius 1 is 1.00 bits per heavy atom. The molecule has 2 amide bonds. The number of amides is 2. The van der Waals surface area contributed by atoms with Crippen LogP contribution in [0.1, 0.15) is 59.7 Å². The first-order valence-corrected chi connectivity index (χ1v) is 13.6. The molecule has 1 saturated heterocycles. The van der Waals surface area contributed by atoms with Crippen molar-refractivity contribution < 1.29 is 29.6 Å². The SMILES string of the molecule is CCNC(=O)NCc1ccc(C2O[C@H](CN(C)C[C@@H](O)c3cccc(O)c3)C[C@H](c3ccc(CO)cc3)O2)cc1. The summed E-state index contributed by atoms with van der Waals surface area (Å²) in [5.41, 5.74) is 4.31. The highest BCUT2D eigenvalue weighted by Gasteiger charge is 2.33. The lowest BCUT2D eigenvalue weighted by molar-refractivity contribution is -0.252. The zero-order valence-electron chi connectivity index (χ0n) is 23.0. The summed E-state index contributed by atoms with van der Waals surface area (Å²) in [4.78, 5) is 13.7. The molecule has 0 aromatic heterocycles. The zero-order chi connectivity index (χ0) is 28.5. The van der Waals surface area contributed by atoms with Crippen molar-refractivity contribution in [2.24, 2.45) is 0 Å². The molecule has 4 atom stereocenters. The van der Waals surface area contributed by atoms with Crippen molar-refractivity contribution in [1.29, 1.82) is 0 Å². The third kappa shape index (κ3) is 8.27. The summed E-state index contributed by atoms with van der Waals surface area (Å²) in [5, 5.41) is 35.5. The topological polar surface area (TPSA) is 124 Å². The molecular formula is C31H39N3O6. The van der Waals surface area contributed by atoms with Gasteiger partial charge in [0.05, 0.1) is 24.9 Å². The number of nitrogens with one attached hydrogen (secondary N) is 2. The quantitative estimate of drug-likeness (QED) is 0.246. The Morgan fingerprint density at radius 2 is 1.70 bits per heavy atom. The average molecular weight is 550 g/mol. The number of aliphatic hydroxyl groups is 2. The largest absolute Gasteiger partial charge is 0.508 e. The maximum absolute atomic E-state index is 11.7. The monoisotopic (exact) mass is 549 g/mol. The van der Waals surface area contributed by atoms with E-state index < -0.39 is 12.4 Å². The van der Waals surface area contributed by atoms with E-state index in [-0.39, 0.29) is 30.6 Å². The standard InChI is InChI=1S/C31H39N3O6/c1-3-32-31(38)33-17-21-7-13-24(14-8-21)30-39-27(16-29(40-30)23-11-9-22(20-35)10-12-23)18-34(2)19-28(37)25-5-4-6-26(36)15-25/h4-15,27-30,35-37H,3,16-20H2,1-2H3,(H2,32,33,38)/t27-,28+,29+,30?/m0/s1. The van der Waals surface area contributed by atoms with Crippen LogP contribution in [0.15, 0.2) is 72.8 Å². The number of carbonyl (C=O) groups is 1. The number of aliphatic hydroxyl groups excluding tert-OH is 2. The van der Waals surface area contributed by atoms with Gasteiger partial charge in [-0.2, -0.15) is 0 Å². The molecule has 1 aliphatic heterocycles. The second-order valence-electron chi connectivity index (χ2n) is 10.1. The molecule has 0 aliphatic carbocycles. The first-order valence-electron chi connectivity index (χ1n) is 13.6. The van der Waals surface area contributed by atoms with E-state index in [0.29, 0.717) is 38.2 Å². The molecule has 1 unspecified atom stereocenters. The van der Waals surface area contributed by atoms with E-state index >= 15 is 0 Å². The Balaban J connectivity index is 1.45. The predicted molar refractivity (Wildman–Crippen MR) is 151 cm³/mol.